The van der Waals surface area contributed by atoms with Crippen LogP contribution in [0.5, 0.6) is 0 Å². The van der Waals surface area contributed by atoms with Gasteiger partial charge in [-0.15, -0.1) is 0 Å². The maximum Gasteiger partial charge on any atom is 0.224 e. The average Bonchev–Trinajstić information content (AvgIpc) is 2.93. The molecule has 25 heavy (non-hydrogen) atoms. The fourth-order valence-corrected chi connectivity index (χ4v) is 3.80. The molecular formula is C20H27N3O2. The molecule has 1 aliphatic heterocycles. The molecule has 0 fully saturated rings. The second-order valence-electron chi connectivity index (χ2n) is 7.28. The molecule has 2 N–H and O–H groups in total. The largest absolute Gasteiger partial charge is 0.356 e. The van der Waals surface area contributed by atoms with E-state index in [1.54, 1.807) is 0 Å². The average molecular weight is 341 g/mol. The van der Waals surface area contributed by atoms with Crippen LogP contribution in [0.25, 0.3) is 10.9 Å². The molecule has 0 saturated carbocycles. The van der Waals surface area contributed by atoms with Gasteiger partial charge in [-0.2, -0.15) is 0 Å². The van der Waals surface area contributed by atoms with Crippen molar-refractivity contribution in [1.29, 1.82) is 0 Å². The van der Waals surface area contributed by atoms with E-state index in [4.69, 9.17) is 0 Å². The molecule has 1 aromatic carbocycles. The van der Waals surface area contributed by atoms with Gasteiger partial charge >= 0.3 is 0 Å². The first-order chi connectivity index (χ1) is 12.0. The van der Waals surface area contributed by atoms with E-state index in [9.17, 15) is 9.59 Å². The Morgan fingerprint density at radius 3 is 2.80 bits per heavy atom. The van der Waals surface area contributed by atoms with Crippen LogP contribution in [0, 0.1) is 5.92 Å². The third-order valence-corrected chi connectivity index (χ3v) is 4.89. The molecule has 0 radical (unpaired) electrons. The van der Waals surface area contributed by atoms with E-state index >= 15 is 0 Å². The van der Waals surface area contributed by atoms with Crippen molar-refractivity contribution < 1.29 is 9.59 Å². The number of rotatable bonds is 5. The fraction of sp³-hybridized carbons (Fsp3) is 0.500. The fourth-order valence-electron chi connectivity index (χ4n) is 3.80. The van der Waals surface area contributed by atoms with Gasteiger partial charge in [0.25, 0.3) is 0 Å². The highest BCUT2D eigenvalue weighted by Gasteiger charge is 2.33. The first-order valence-corrected chi connectivity index (χ1v) is 9.10. The summed E-state index contributed by atoms with van der Waals surface area (Å²) in [6.07, 6.45) is 2.16. The number of amides is 2. The Bertz CT molecular complexity index is 778. The summed E-state index contributed by atoms with van der Waals surface area (Å²) < 4.78 is 0. The van der Waals surface area contributed by atoms with Crippen molar-refractivity contribution in [3.8, 4) is 0 Å². The second-order valence-corrected chi connectivity index (χ2v) is 7.28. The van der Waals surface area contributed by atoms with E-state index in [1.807, 2.05) is 11.0 Å². The van der Waals surface area contributed by atoms with Gasteiger partial charge in [0, 0.05) is 43.0 Å². The van der Waals surface area contributed by atoms with Crippen LogP contribution in [-0.2, 0) is 16.0 Å². The summed E-state index contributed by atoms with van der Waals surface area (Å²) in [5, 5.41) is 3.99. The van der Waals surface area contributed by atoms with Crippen LogP contribution in [0.4, 0.5) is 0 Å². The Labute approximate surface area is 148 Å². The Morgan fingerprint density at radius 1 is 1.32 bits per heavy atom. The predicted molar refractivity (Wildman–Crippen MR) is 99.2 cm³/mol. The van der Waals surface area contributed by atoms with Crippen LogP contribution in [0.15, 0.2) is 24.3 Å². The lowest BCUT2D eigenvalue weighted by Crippen LogP contribution is -2.41. The van der Waals surface area contributed by atoms with Gasteiger partial charge in [0.05, 0.1) is 6.04 Å². The van der Waals surface area contributed by atoms with Crippen molar-refractivity contribution >= 4 is 22.7 Å². The number of nitrogens with one attached hydrogen (secondary N) is 2. The van der Waals surface area contributed by atoms with Crippen LogP contribution in [0.3, 0.4) is 0 Å². The molecule has 2 amide bonds. The summed E-state index contributed by atoms with van der Waals surface area (Å²) in [5.41, 5.74) is 3.69. The topological polar surface area (TPSA) is 65.2 Å². The molecule has 0 aliphatic carbocycles. The van der Waals surface area contributed by atoms with Crippen molar-refractivity contribution in [2.24, 2.45) is 5.92 Å². The number of hydrogen-bond donors (Lipinski definition) is 2. The van der Waals surface area contributed by atoms with Gasteiger partial charge in [-0.25, -0.2) is 0 Å². The maximum atomic E-state index is 12.8. The van der Waals surface area contributed by atoms with E-state index in [0.717, 1.165) is 24.9 Å². The highest BCUT2D eigenvalue weighted by Crippen LogP contribution is 2.37. The number of para-hydroxylation sites is 1. The molecule has 2 aromatic rings. The highest BCUT2D eigenvalue weighted by atomic mass is 16.2. The Kier molecular flexibility index (Phi) is 5.11. The molecule has 2 heterocycles. The summed E-state index contributed by atoms with van der Waals surface area (Å²) in [4.78, 5) is 29.4. The summed E-state index contributed by atoms with van der Waals surface area (Å²) in [6, 6.07) is 8.45. The molecule has 1 atom stereocenters. The number of fused-ring (bicyclic) bond motifs is 3. The molecule has 5 nitrogen and oxygen atoms in total. The number of carbonyl (C=O) groups is 2. The minimum absolute atomic E-state index is 0.0842. The lowest BCUT2D eigenvalue weighted by Gasteiger charge is -2.37. The lowest BCUT2D eigenvalue weighted by atomic mass is 9.91. The zero-order valence-electron chi connectivity index (χ0n) is 15.3. The highest BCUT2D eigenvalue weighted by molar-refractivity contribution is 5.86. The third kappa shape index (κ3) is 3.70. The quantitative estimate of drug-likeness (QED) is 0.877. The van der Waals surface area contributed by atoms with E-state index in [1.165, 1.54) is 23.6 Å². The Morgan fingerprint density at radius 2 is 2.08 bits per heavy atom. The standard InChI is InChI=1S/C20H27N3O2/c1-13(2)12-18-20-16(15-6-4-5-7-17(15)22-20)9-11-23(18)19(25)8-10-21-14(3)24/h4-7,13,18,22H,8-12H2,1-3H3,(H,21,24). The molecule has 0 bridgehead atoms. The number of carbonyl (C=O) groups excluding carboxylic acids is 2. The predicted octanol–water partition coefficient (Wildman–Crippen LogP) is 3.17. The van der Waals surface area contributed by atoms with Gasteiger partial charge in [0.15, 0.2) is 0 Å². The SMILES string of the molecule is CC(=O)NCCC(=O)N1CCc2c([nH]c3ccccc23)C1CC(C)C. The number of H-pyrrole nitrogens is 1. The van der Waals surface area contributed by atoms with Gasteiger partial charge < -0.3 is 15.2 Å². The van der Waals surface area contributed by atoms with Gasteiger partial charge in [-0.1, -0.05) is 32.0 Å². The van der Waals surface area contributed by atoms with Gasteiger partial charge in [-0.3, -0.25) is 9.59 Å². The van der Waals surface area contributed by atoms with Crippen molar-refractivity contribution in [3.05, 3.63) is 35.5 Å². The van der Waals surface area contributed by atoms with E-state index in [0.29, 0.717) is 18.9 Å². The van der Waals surface area contributed by atoms with Gasteiger partial charge in [-0.05, 0) is 30.4 Å². The Hall–Kier alpha value is -2.30. The second kappa shape index (κ2) is 7.30. The lowest BCUT2D eigenvalue weighted by molar-refractivity contribution is -0.134. The first kappa shape index (κ1) is 17.5. The molecule has 134 valence electrons. The summed E-state index contributed by atoms with van der Waals surface area (Å²) in [7, 11) is 0. The van der Waals surface area contributed by atoms with Crippen molar-refractivity contribution in [3.63, 3.8) is 0 Å². The van der Waals surface area contributed by atoms with Crippen LogP contribution < -0.4 is 5.32 Å². The minimum atomic E-state index is -0.0944. The van der Waals surface area contributed by atoms with Gasteiger partial charge in [0.1, 0.15) is 0 Å². The van der Waals surface area contributed by atoms with Gasteiger partial charge in [0.2, 0.25) is 11.8 Å². The van der Waals surface area contributed by atoms with Crippen LogP contribution in [-0.4, -0.2) is 34.8 Å². The van der Waals surface area contributed by atoms with Crippen LogP contribution in [0.1, 0.15) is 50.9 Å². The van der Waals surface area contributed by atoms with E-state index in [2.05, 4.69) is 42.3 Å². The maximum absolute atomic E-state index is 12.8. The van der Waals surface area contributed by atoms with Crippen molar-refractivity contribution in [2.75, 3.05) is 13.1 Å². The monoisotopic (exact) mass is 341 g/mol. The molecule has 0 saturated heterocycles. The zero-order chi connectivity index (χ0) is 18.0. The smallest absolute Gasteiger partial charge is 0.224 e. The first-order valence-electron chi connectivity index (χ1n) is 9.10. The molecule has 3 rings (SSSR count). The summed E-state index contributed by atoms with van der Waals surface area (Å²) in [5.74, 6) is 0.514. The summed E-state index contributed by atoms with van der Waals surface area (Å²) >= 11 is 0. The van der Waals surface area contributed by atoms with Crippen LogP contribution in [0.2, 0.25) is 0 Å². The van der Waals surface area contributed by atoms with E-state index < -0.39 is 0 Å². The van der Waals surface area contributed by atoms with Crippen molar-refractivity contribution in [1.82, 2.24) is 15.2 Å². The third-order valence-electron chi connectivity index (χ3n) is 4.89. The molecule has 5 heteroatoms. The molecule has 1 aromatic heterocycles. The summed E-state index contributed by atoms with van der Waals surface area (Å²) in [6.45, 7) is 7.00. The van der Waals surface area contributed by atoms with Crippen LogP contribution >= 0.6 is 0 Å². The molecule has 1 aliphatic rings. The molecule has 1 unspecified atom stereocenters. The normalized spacial score (nSPS) is 17.0. The minimum Gasteiger partial charge on any atom is -0.356 e. The zero-order valence-corrected chi connectivity index (χ0v) is 15.3. The molecule has 0 spiro atoms. The number of hydrogen-bond acceptors (Lipinski definition) is 2. The number of aromatic amines is 1. The number of nitrogens with zero attached hydrogens (tertiary/aromatic N) is 1. The Balaban J connectivity index is 1.87. The number of benzene rings is 1. The molecular weight excluding hydrogens is 314 g/mol. The van der Waals surface area contributed by atoms with Crippen molar-refractivity contribution in [2.45, 2.75) is 46.1 Å². The number of aromatic nitrogens is 1. The van der Waals surface area contributed by atoms with E-state index in [-0.39, 0.29) is 17.9 Å².